The highest BCUT2D eigenvalue weighted by atomic mass is 79.9. The lowest BCUT2D eigenvalue weighted by Crippen LogP contribution is -2.51. The summed E-state index contributed by atoms with van der Waals surface area (Å²) in [6.45, 7) is 3.43. The number of amidine groups is 1. The Morgan fingerprint density at radius 2 is 2.15 bits per heavy atom. The molecule has 1 fully saturated rings. The van der Waals surface area contributed by atoms with E-state index in [9.17, 15) is 14.0 Å². The molecule has 0 unspecified atom stereocenters. The summed E-state index contributed by atoms with van der Waals surface area (Å²) in [5.41, 5.74) is 1.68. The monoisotopic (exact) mass is 536 g/mol. The highest BCUT2D eigenvalue weighted by Crippen LogP contribution is 2.40. The van der Waals surface area contributed by atoms with E-state index in [0.29, 0.717) is 51.8 Å². The van der Waals surface area contributed by atoms with Crippen LogP contribution in [0.25, 0.3) is 0 Å². The topological polar surface area (TPSA) is 84.3 Å². The lowest BCUT2D eigenvalue weighted by atomic mass is 9.93. The van der Waals surface area contributed by atoms with Gasteiger partial charge in [-0.1, -0.05) is 22.0 Å². The van der Waals surface area contributed by atoms with Gasteiger partial charge in [0.05, 0.1) is 25.8 Å². The molecule has 0 radical (unpaired) electrons. The predicted molar refractivity (Wildman–Crippen MR) is 124 cm³/mol. The molecule has 1 aromatic heterocycles. The van der Waals surface area contributed by atoms with Gasteiger partial charge in [0.1, 0.15) is 11.9 Å². The molecule has 2 aliphatic rings. The summed E-state index contributed by atoms with van der Waals surface area (Å²) in [5, 5.41) is 2.57. The number of hydrogen-bond acceptors (Lipinski definition) is 9. The van der Waals surface area contributed by atoms with Crippen LogP contribution in [0.15, 0.2) is 50.5 Å². The van der Waals surface area contributed by atoms with Gasteiger partial charge in [-0.25, -0.2) is 14.2 Å². The Morgan fingerprint density at radius 1 is 1.33 bits per heavy atom. The summed E-state index contributed by atoms with van der Waals surface area (Å²) in [7, 11) is 1.35. The highest BCUT2D eigenvalue weighted by molar-refractivity contribution is 9.10. The molecular formula is C22H22BrFN4O4S. The van der Waals surface area contributed by atoms with E-state index < -0.39 is 17.8 Å². The van der Waals surface area contributed by atoms with Crippen LogP contribution in [0.2, 0.25) is 0 Å². The Morgan fingerprint density at radius 3 is 2.82 bits per heavy atom. The minimum Gasteiger partial charge on any atom is -0.468 e. The fourth-order valence-corrected chi connectivity index (χ4v) is 5.11. The van der Waals surface area contributed by atoms with Gasteiger partial charge in [0.15, 0.2) is 10.8 Å². The van der Waals surface area contributed by atoms with E-state index in [1.165, 1.54) is 30.6 Å². The molecule has 1 saturated heterocycles. The maximum absolute atomic E-state index is 13.8. The molecule has 11 heteroatoms. The van der Waals surface area contributed by atoms with Crippen molar-refractivity contribution in [1.29, 1.82) is 0 Å². The standard InChI is InChI=1S/C22H22BrFN4O4S/c1-3-32-22(30)18-16-11-27(12-17(29)31-2)7-8-28(16)20(21-25-6-9-33-21)26-19(18)14-5-4-13(24)10-15(14)23/h4-6,9-10,19H,3,7-8,11-12H2,1-2H3/t19-/m0/s1. The van der Waals surface area contributed by atoms with Crippen LogP contribution in [-0.2, 0) is 19.1 Å². The summed E-state index contributed by atoms with van der Waals surface area (Å²) in [4.78, 5) is 38.4. The molecule has 1 aromatic carbocycles. The molecule has 3 heterocycles. The lowest BCUT2D eigenvalue weighted by molar-refractivity contribution is -0.142. The van der Waals surface area contributed by atoms with Crippen molar-refractivity contribution in [2.75, 3.05) is 39.9 Å². The van der Waals surface area contributed by atoms with E-state index in [-0.39, 0.29) is 19.1 Å². The molecule has 0 spiro atoms. The number of fused-ring (bicyclic) bond motifs is 1. The zero-order chi connectivity index (χ0) is 23.5. The second-order valence-electron chi connectivity index (χ2n) is 7.38. The molecule has 0 bridgehead atoms. The number of carbonyl (C=O) groups is 2. The number of ether oxygens (including phenoxy) is 2. The van der Waals surface area contributed by atoms with Crippen LogP contribution < -0.4 is 0 Å². The molecule has 0 aliphatic carbocycles. The van der Waals surface area contributed by atoms with Gasteiger partial charge >= 0.3 is 11.9 Å². The third-order valence-electron chi connectivity index (χ3n) is 5.39. The normalized spacial score (nSPS) is 18.6. The second kappa shape index (κ2) is 10.1. The molecule has 0 amide bonds. The third kappa shape index (κ3) is 4.85. The van der Waals surface area contributed by atoms with Crippen molar-refractivity contribution < 1.29 is 23.5 Å². The van der Waals surface area contributed by atoms with E-state index in [4.69, 9.17) is 14.5 Å². The number of thiazole rings is 1. The molecule has 2 aliphatic heterocycles. The first-order valence-corrected chi connectivity index (χ1v) is 12.0. The number of aromatic nitrogens is 1. The van der Waals surface area contributed by atoms with Crippen LogP contribution in [0.5, 0.6) is 0 Å². The number of rotatable bonds is 6. The van der Waals surface area contributed by atoms with Gasteiger partial charge in [-0.2, -0.15) is 0 Å². The number of esters is 2. The second-order valence-corrected chi connectivity index (χ2v) is 9.13. The van der Waals surface area contributed by atoms with Crippen LogP contribution >= 0.6 is 27.3 Å². The van der Waals surface area contributed by atoms with E-state index in [1.54, 1.807) is 19.2 Å². The van der Waals surface area contributed by atoms with Crippen LogP contribution in [0, 0.1) is 5.82 Å². The Hall–Kier alpha value is -2.63. The smallest absolute Gasteiger partial charge is 0.338 e. The van der Waals surface area contributed by atoms with Gasteiger partial charge < -0.3 is 14.4 Å². The van der Waals surface area contributed by atoms with Crippen molar-refractivity contribution in [3.05, 3.63) is 61.9 Å². The maximum atomic E-state index is 13.8. The third-order valence-corrected chi connectivity index (χ3v) is 6.84. The average Bonchev–Trinajstić information content (AvgIpc) is 3.33. The minimum atomic E-state index is -0.734. The molecular weight excluding hydrogens is 515 g/mol. The molecule has 0 saturated carbocycles. The van der Waals surface area contributed by atoms with Crippen LogP contribution in [0.1, 0.15) is 23.5 Å². The predicted octanol–water partition coefficient (Wildman–Crippen LogP) is 3.15. The van der Waals surface area contributed by atoms with E-state index in [1.807, 2.05) is 15.2 Å². The number of hydrogen-bond donors (Lipinski definition) is 0. The van der Waals surface area contributed by atoms with Gasteiger partial charge in [-0.05, 0) is 24.6 Å². The summed E-state index contributed by atoms with van der Waals surface area (Å²) >= 11 is 4.87. The summed E-state index contributed by atoms with van der Waals surface area (Å²) in [5.74, 6) is -0.629. The van der Waals surface area contributed by atoms with Crippen molar-refractivity contribution >= 4 is 45.0 Å². The number of piperazine rings is 1. The summed E-state index contributed by atoms with van der Waals surface area (Å²) in [6.07, 6.45) is 1.70. The number of aliphatic imine (C=N–C) groups is 1. The van der Waals surface area contributed by atoms with Gasteiger partial charge in [0.2, 0.25) is 0 Å². The largest absolute Gasteiger partial charge is 0.468 e. The lowest BCUT2D eigenvalue weighted by Gasteiger charge is -2.42. The number of methoxy groups -OCH3 is 1. The number of carbonyl (C=O) groups excluding carboxylic acids is 2. The molecule has 4 rings (SSSR count). The van der Waals surface area contributed by atoms with Gasteiger partial charge in [-0.15, -0.1) is 11.3 Å². The highest BCUT2D eigenvalue weighted by Gasteiger charge is 2.40. The molecule has 174 valence electrons. The van der Waals surface area contributed by atoms with Crippen molar-refractivity contribution in [2.24, 2.45) is 4.99 Å². The van der Waals surface area contributed by atoms with Crippen LogP contribution in [0.4, 0.5) is 4.39 Å². The minimum absolute atomic E-state index is 0.0958. The van der Waals surface area contributed by atoms with E-state index in [0.717, 1.165) is 0 Å². The van der Waals surface area contributed by atoms with Crippen molar-refractivity contribution in [3.8, 4) is 0 Å². The quantitative estimate of drug-likeness (QED) is 0.524. The first-order valence-electron chi connectivity index (χ1n) is 10.3. The Labute approximate surface area is 202 Å². The first-order chi connectivity index (χ1) is 15.9. The Balaban J connectivity index is 1.86. The van der Waals surface area contributed by atoms with Crippen molar-refractivity contribution in [3.63, 3.8) is 0 Å². The Kier molecular flexibility index (Phi) is 7.20. The molecule has 8 nitrogen and oxygen atoms in total. The SMILES string of the molecule is CCOC(=O)C1=C2CN(CC(=O)OC)CCN2C(c2nccs2)=N[C@H]1c1ccc(F)cc1Br. The molecule has 0 N–H and O–H groups in total. The zero-order valence-electron chi connectivity index (χ0n) is 18.1. The number of nitrogens with zero attached hydrogens (tertiary/aromatic N) is 4. The molecule has 2 aromatic rings. The van der Waals surface area contributed by atoms with Crippen LogP contribution in [-0.4, -0.2) is 72.5 Å². The fraction of sp³-hybridized carbons (Fsp3) is 0.364. The molecule has 33 heavy (non-hydrogen) atoms. The van der Waals surface area contributed by atoms with Crippen LogP contribution in [0.3, 0.4) is 0 Å². The van der Waals surface area contributed by atoms with Gasteiger partial charge in [0.25, 0.3) is 0 Å². The van der Waals surface area contributed by atoms with E-state index >= 15 is 0 Å². The average molecular weight is 537 g/mol. The van der Waals surface area contributed by atoms with Gasteiger partial charge in [-0.3, -0.25) is 14.7 Å². The van der Waals surface area contributed by atoms with Crippen molar-refractivity contribution in [2.45, 2.75) is 13.0 Å². The van der Waals surface area contributed by atoms with Crippen molar-refractivity contribution in [1.82, 2.24) is 14.8 Å². The summed E-state index contributed by atoms with van der Waals surface area (Å²) in [6, 6.07) is 3.56. The van der Waals surface area contributed by atoms with E-state index in [2.05, 4.69) is 20.9 Å². The Bertz CT molecular complexity index is 1120. The summed E-state index contributed by atoms with van der Waals surface area (Å²) < 4.78 is 24.6. The molecule has 1 atom stereocenters. The van der Waals surface area contributed by atoms with Gasteiger partial charge in [0, 0.05) is 41.4 Å². The first kappa shape index (κ1) is 23.5. The number of benzene rings is 1. The maximum Gasteiger partial charge on any atom is 0.338 e. The fourth-order valence-electron chi connectivity index (χ4n) is 3.90. The zero-order valence-corrected chi connectivity index (χ0v) is 20.5. The number of halogens is 2.